The molecule has 2 unspecified atom stereocenters. The standard InChI is InChI=1S/C18H31N/c1-8-18(5,6)15-11-10-14-12(3)16(13(14)4)17(15)19(7)9-2/h10-14,16H,8-9H2,1-7H3. The van der Waals surface area contributed by atoms with E-state index in [1.54, 1.807) is 11.3 Å². The fourth-order valence-corrected chi connectivity index (χ4v) is 4.00. The molecule has 108 valence electrons. The molecule has 0 aromatic heterocycles. The Labute approximate surface area is 119 Å². The first-order valence-corrected chi connectivity index (χ1v) is 7.99. The van der Waals surface area contributed by atoms with E-state index in [2.05, 4.69) is 65.6 Å². The molecule has 3 aliphatic rings. The lowest BCUT2D eigenvalue weighted by atomic mass is 9.57. The Morgan fingerprint density at radius 3 is 2.21 bits per heavy atom. The lowest BCUT2D eigenvalue weighted by molar-refractivity contribution is 0.0465. The molecule has 1 saturated carbocycles. The van der Waals surface area contributed by atoms with Crippen molar-refractivity contribution in [1.82, 2.24) is 4.90 Å². The maximum atomic E-state index is 2.50. The van der Waals surface area contributed by atoms with Gasteiger partial charge in [-0.15, -0.1) is 0 Å². The Kier molecular flexibility index (Phi) is 3.86. The van der Waals surface area contributed by atoms with Crippen LogP contribution in [0.2, 0.25) is 0 Å². The Morgan fingerprint density at radius 2 is 1.74 bits per heavy atom. The summed E-state index contributed by atoms with van der Waals surface area (Å²) in [6.07, 6.45) is 6.15. The molecule has 3 aliphatic carbocycles. The molecule has 0 aliphatic heterocycles. The van der Waals surface area contributed by atoms with Gasteiger partial charge in [0.05, 0.1) is 0 Å². The number of allylic oxidation sites excluding steroid dienone is 4. The van der Waals surface area contributed by atoms with E-state index < -0.39 is 0 Å². The highest BCUT2D eigenvalue weighted by Gasteiger charge is 2.49. The van der Waals surface area contributed by atoms with Crippen molar-refractivity contribution < 1.29 is 0 Å². The smallest absolute Gasteiger partial charge is 0.0205 e. The van der Waals surface area contributed by atoms with E-state index in [1.165, 1.54) is 6.42 Å². The monoisotopic (exact) mass is 261 g/mol. The molecule has 0 saturated heterocycles. The van der Waals surface area contributed by atoms with Crippen LogP contribution in [0.1, 0.15) is 48.0 Å². The zero-order chi connectivity index (χ0) is 14.4. The number of fused-ring (bicyclic) bond motifs is 1. The number of nitrogens with zero attached hydrogens (tertiary/aromatic N) is 1. The molecule has 1 heteroatoms. The summed E-state index contributed by atoms with van der Waals surface area (Å²) < 4.78 is 0. The average molecular weight is 261 g/mol. The van der Waals surface area contributed by atoms with Crippen molar-refractivity contribution in [2.24, 2.45) is 29.1 Å². The molecule has 2 bridgehead atoms. The van der Waals surface area contributed by atoms with Crippen molar-refractivity contribution >= 4 is 0 Å². The van der Waals surface area contributed by atoms with Crippen LogP contribution >= 0.6 is 0 Å². The van der Waals surface area contributed by atoms with Crippen LogP contribution in [-0.2, 0) is 0 Å². The van der Waals surface area contributed by atoms with Crippen LogP contribution in [0.3, 0.4) is 0 Å². The van der Waals surface area contributed by atoms with Gasteiger partial charge in [-0.3, -0.25) is 0 Å². The van der Waals surface area contributed by atoms with Crippen molar-refractivity contribution in [3.8, 4) is 0 Å². The van der Waals surface area contributed by atoms with E-state index in [0.29, 0.717) is 0 Å². The van der Waals surface area contributed by atoms with Gasteiger partial charge in [0, 0.05) is 25.2 Å². The molecule has 19 heavy (non-hydrogen) atoms. The molecule has 0 radical (unpaired) electrons. The molecule has 0 spiro atoms. The SMILES string of the molecule is CCN(C)C1=C(C(C)(C)CC)C=CC2C(C)C1C2C. The van der Waals surface area contributed by atoms with Gasteiger partial charge < -0.3 is 4.90 Å². The van der Waals surface area contributed by atoms with E-state index in [4.69, 9.17) is 0 Å². The maximum Gasteiger partial charge on any atom is 0.0205 e. The van der Waals surface area contributed by atoms with E-state index in [9.17, 15) is 0 Å². The van der Waals surface area contributed by atoms with Crippen molar-refractivity contribution in [2.45, 2.75) is 48.0 Å². The van der Waals surface area contributed by atoms with Crippen molar-refractivity contribution in [2.75, 3.05) is 13.6 Å². The number of hydrogen-bond acceptors (Lipinski definition) is 1. The second-order valence-corrected chi connectivity index (χ2v) is 7.23. The third-order valence-corrected chi connectivity index (χ3v) is 5.92. The molecule has 2 atom stereocenters. The Morgan fingerprint density at radius 1 is 1.16 bits per heavy atom. The summed E-state index contributed by atoms with van der Waals surface area (Å²) in [5, 5.41) is 0. The molecule has 1 nitrogen and oxygen atoms in total. The third kappa shape index (κ3) is 2.15. The largest absolute Gasteiger partial charge is 0.378 e. The molecule has 0 N–H and O–H groups in total. The topological polar surface area (TPSA) is 3.24 Å². The molecule has 0 amide bonds. The van der Waals surface area contributed by atoms with Gasteiger partial charge in [-0.1, -0.05) is 46.8 Å². The highest BCUT2D eigenvalue weighted by atomic mass is 15.1. The predicted molar refractivity (Wildman–Crippen MR) is 83.9 cm³/mol. The molecule has 1 fully saturated rings. The minimum absolute atomic E-state index is 0.284. The summed E-state index contributed by atoms with van der Waals surface area (Å²) in [6, 6.07) is 0. The summed E-state index contributed by atoms with van der Waals surface area (Å²) >= 11 is 0. The molecular formula is C18H31N. The van der Waals surface area contributed by atoms with Gasteiger partial charge in [-0.2, -0.15) is 0 Å². The summed E-state index contributed by atoms with van der Waals surface area (Å²) in [5.41, 5.74) is 3.49. The summed E-state index contributed by atoms with van der Waals surface area (Å²) in [6.45, 7) is 15.3. The first kappa shape index (κ1) is 14.7. The minimum Gasteiger partial charge on any atom is -0.378 e. The predicted octanol–water partition coefficient (Wildman–Crippen LogP) is 4.72. The van der Waals surface area contributed by atoms with E-state index in [-0.39, 0.29) is 5.41 Å². The van der Waals surface area contributed by atoms with Crippen LogP contribution in [0.5, 0.6) is 0 Å². The van der Waals surface area contributed by atoms with Crippen LogP contribution in [0.4, 0.5) is 0 Å². The fourth-order valence-electron chi connectivity index (χ4n) is 4.00. The van der Waals surface area contributed by atoms with E-state index in [1.807, 2.05) is 0 Å². The Bertz CT molecular complexity index is 392. The summed E-state index contributed by atoms with van der Waals surface area (Å²) in [4.78, 5) is 2.50. The van der Waals surface area contributed by atoms with E-state index in [0.717, 1.165) is 30.2 Å². The van der Waals surface area contributed by atoms with Gasteiger partial charge in [0.1, 0.15) is 0 Å². The lowest BCUT2D eigenvalue weighted by Gasteiger charge is -2.50. The van der Waals surface area contributed by atoms with Crippen LogP contribution in [0.15, 0.2) is 23.4 Å². The van der Waals surface area contributed by atoms with Gasteiger partial charge in [0.2, 0.25) is 0 Å². The van der Waals surface area contributed by atoms with Crippen LogP contribution in [0.25, 0.3) is 0 Å². The fraction of sp³-hybridized carbons (Fsp3) is 0.778. The second kappa shape index (κ2) is 5.00. The lowest BCUT2D eigenvalue weighted by Crippen LogP contribution is -2.46. The van der Waals surface area contributed by atoms with Crippen molar-refractivity contribution in [3.05, 3.63) is 23.4 Å². The number of hydrogen-bond donors (Lipinski definition) is 0. The van der Waals surface area contributed by atoms with Crippen molar-refractivity contribution in [1.29, 1.82) is 0 Å². The van der Waals surface area contributed by atoms with Gasteiger partial charge in [0.25, 0.3) is 0 Å². The molecule has 0 aromatic rings. The Hall–Kier alpha value is -0.720. The quantitative estimate of drug-likeness (QED) is 0.708. The first-order chi connectivity index (χ1) is 8.85. The van der Waals surface area contributed by atoms with Gasteiger partial charge in [-0.05, 0) is 42.1 Å². The average Bonchev–Trinajstić information content (AvgIpc) is 2.65. The third-order valence-electron chi connectivity index (χ3n) is 5.92. The molecule has 3 rings (SSSR count). The second-order valence-electron chi connectivity index (χ2n) is 7.23. The van der Waals surface area contributed by atoms with Crippen LogP contribution < -0.4 is 0 Å². The minimum atomic E-state index is 0.284. The molecule has 0 aromatic carbocycles. The molecule has 0 heterocycles. The van der Waals surface area contributed by atoms with Gasteiger partial charge >= 0.3 is 0 Å². The van der Waals surface area contributed by atoms with E-state index >= 15 is 0 Å². The van der Waals surface area contributed by atoms with Gasteiger partial charge in [-0.25, -0.2) is 0 Å². The maximum absolute atomic E-state index is 2.50. The van der Waals surface area contributed by atoms with Crippen LogP contribution in [-0.4, -0.2) is 18.5 Å². The summed E-state index contributed by atoms with van der Waals surface area (Å²) in [7, 11) is 2.27. The Balaban J connectivity index is 2.54. The number of rotatable bonds is 4. The first-order valence-electron chi connectivity index (χ1n) is 7.99. The summed E-state index contributed by atoms with van der Waals surface area (Å²) in [5.74, 6) is 3.15. The van der Waals surface area contributed by atoms with Crippen molar-refractivity contribution in [3.63, 3.8) is 0 Å². The van der Waals surface area contributed by atoms with Gasteiger partial charge in [0.15, 0.2) is 0 Å². The zero-order valence-electron chi connectivity index (χ0n) is 13.8. The zero-order valence-corrected chi connectivity index (χ0v) is 13.8. The highest BCUT2D eigenvalue weighted by molar-refractivity contribution is 5.38. The molecular weight excluding hydrogens is 230 g/mol. The van der Waals surface area contributed by atoms with Crippen LogP contribution in [0, 0.1) is 29.1 Å². The highest BCUT2D eigenvalue weighted by Crippen LogP contribution is 2.55. The normalized spacial score (nSPS) is 34.1.